The van der Waals surface area contributed by atoms with Crippen LogP contribution in [0.5, 0.6) is 0 Å². The van der Waals surface area contributed by atoms with Gasteiger partial charge in [0.15, 0.2) is 0 Å². The van der Waals surface area contributed by atoms with Gasteiger partial charge in [0.1, 0.15) is 0 Å². The molecule has 164 valence electrons. The number of carbonyl (C=O) groups excluding carboxylic acids is 1. The van der Waals surface area contributed by atoms with Crippen molar-refractivity contribution in [2.24, 2.45) is 0 Å². The number of nitrogens with one attached hydrogen (secondary N) is 2. The molecule has 0 unspecified atom stereocenters. The van der Waals surface area contributed by atoms with E-state index < -0.39 is 0 Å². The van der Waals surface area contributed by atoms with Crippen LogP contribution in [-0.2, 0) is 0 Å². The Hall–Kier alpha value is -2.34. The predicted octanol–water partition coefficient (Wildman–Crippen LogP) is 5.59. The Kier molecular flexibility index (Phi) is 7.42. The molecule has 1 amide bonds. The second kappa shape index (κ2) is 9.86. The van der Waals surface area contributed by atoms with E-state index in [9.17, 15) is 4.79 Å². The van der Waals surface area contributed by atoms with Crippen molar-refractivity contribution in [1.29, 1.82) is 0 Å². The second-order valence-corrected chi connectivity index (χ2v) is 8.49. The molecule has 7 heteroatoms. The Morgan fingerprint density at radius 1 is 1.10 bits per heavy atom. The molecule has 31 heavy (non-hydrogen) atoms. The van der Waals surface area contributed by atoms with Crippen LogP contribution in [0.4, 0.5) is 5.69 Å². The van der Waals surface area contributed by atoms with Gasteiger partial charge in [0.2, 0.25) is 0 Å². The summed E-state index contributed by atoms with van der Waals surface area (Å²) in [6.45, 7) is 7.87. The lowest BCUT2D eigenvalue weighted by molar-refractivity contribution is 0.102. The Morgan fingerprint density at radius 3 is 2.52 bits per heavy atom. The molecule has 0 bridgehead atoms. The lowest BCUT2D eigenvalue weighted by Crippen LogP contribution is -2.29. The highest BCUT2D eigenvalue weighted by Crippen LogP contribution is 2.32. The third-order valence-corrected chi connectivity index (χ3v) is 6.23. The van der Waals surface area contributed by atoms with Crippen molar-refractivity contribution in [1.82, 2.24) is 15.1 Å². The van der Waals surface area contributed by atoms with Gasteiger partial charge in [-0.05, 0) is 81.6 Å². The van der Waals surface area contributed by atoms with Crippen molar-refractivity contribution in [2.75, 3.05) is 18.4 Å². The number of carbonyl (C=O) groups is 1. The Labute approximate surface area is 194 Å². The second-order valence-electron chi connectivity index (χ2n) is 8.09. The number of hydrogen-bond acceptors (Lipinski definition) is 3. The normalized spacial score (nSPS) is 14.2. The Balaban J connectivity index is 0.00000272. The number of aromatic nitrogens is 2. The summed E-state index contributed by atoms with van der Waals surface area (Å²) in [6, 6.07) is 12.0. The molecule has 5 nitrogen and oxygen atoms in total. The third-order valence-electron chi connectivity index (χ3n) is 5.82. The molecule has 2 aromatic carbocycles. The van der Waals surface area contributed by atoms with Gasteiger partial charge < -0.3 is 10.6 Å². The Morgan fingerprint density at radius 2 is 1.81 bits per heavy atom. The van der Waals surface area contributed by atoms with E-state index in [4.69, 9.17) is 11.6 Å². The summed E-state index contributed by atoms with van der Waals surface area (Å²) in [5, 5.41) is 11.8. The lowest BCUT2D eigenvalue weighted by Gasteiger charge is -2.25. The van der Waals surface area contributed by atoms with Gasteiger partial charge in [-0.15, -0.1) is 12.4 Å². The molecule has 1 fully saturated rings. The topological polar surface area (TPSA) is 59.0 Å². The number of benzene rings is 2. The molecule has 2 N–H and O–H groups in total. The molecule has 0 radical (unpaired) electrons. The van der Waals surface area contributed by atoms with Gasteiger partial charge >= 0.3 is 0 Å². The minimum absolute atomic E-state index is 0. The molecular weight excluding hydrogens is 431 g/mol. The smallest absolute Gasteiger partial charge is 0.259 e. The SMILES string of the molecule is Cc1ccc(C)c(NC(=O)c2cnn(-c3ccc(C)c(Cl)c3)c2C2CCNCC2)c1.Cl. The van der Waals surface area contributed by atoms with E-state index >= 15 is 0 Å². The maximum Gasteiger partial charge on any atom is 0.259 e. The van der Waals surface area contributed by atoms with Crippen molar-refractivity contribution < 1.29 is 4.79 Å². The maximum atomic E-state index is 13.3. The van der Waals surface area contributed by atoms with Gasteiger partial charge in [0.25, 0.3) is 5.91 Å². The van der Waals surface area contributed by atoms with Crippen LogP contribution < -0.4 is 10.6 Å². The fourth-order valence-corrected chi connectivity index (χ4v) is 4.18. The zero-order chi connectivity index (χ0) is 21.3. The van der Waals surface area contributed by atoms with Crippen LogP contribution in [0.2, 0.25) is 5.02 Å². The summed E-state index contributed by atoms with van der Waals surface area (Å²) >= 11 is 6.38. The number of halogens is 2. The van der Waals surface area contributed by atoms with E-state index in [2.05, 4.69) is 15.7 Å². The van der Waals surface area contributed by atoms with Crippen molar-refractivity contribution in [3.63, 3.8) is 0 Å². The monoisotopic (exact) mass is 458 g/mol. The van der Waals surface area contributed by atoms with Crippen LogP contribution >= 0.6 is 24.0 Å². The molecule has 1 aromatic heterocycles. The Bertz CT molecular complexity index is 1090. The van der Waals surface area contributed by atoms with Crippen molar-refractivity contribution >= 4 is 35.6 Å². The molecule has 2 heterocycles. The summed E-state index contributed by atoms with van der Waals surface area (Å²) < 4.78 is 1.89. The van der Waals surface area contributed by atoms with Crippen LogP contribution in [0.25, 0.3) is 5.69 Å². The minimum Gasteiger partial charge on any atom is -0.322 e. The van der Waals surface area contributed by atoms with Crippen LogP contribution in [0.3, 0.4) is 0 Å². The van der Waals surface area contributed by atoms with E-state index in [1.807, 2.05) is 61.9 Å². The molecule has 0 atom stereocenters. The summed E-state index contributed by atoms with van der Waals surface area (Å²) in [5.74, 6) is 0.134. The molecule has 0 aliphatic carbocycles. The number of piperidine rings is 1. The summed E-state index contributed by atoms with van der Waals surface area (Å²) in [7, 11) is 0. The number of rotatable bonds is 4. The fraction of sp³-hybridized carbons (Fsp3) is 0.333. The number of aryl methyl sites for hydroxylation is 3. The molecule has 4 rings (SSSR count). The summed E-state index contributed by atoms with van der Waals surface area (Å²) in [4.78, 5) is 13.3. The molecular formula is C24H28Cl2N4O. The average molecular weight is 459 g/mol. The van der Waals surface area contributed by atoms with Gasteiger partial charge in [-0.2, -0.15) is 5.10 Å². The first-order chi connectivity index (χ1) is 14.4. The van der Waals surface area contributed by atoms with Crippen molar-refractivity contribution in [3.05, 3.63) is 75.6 Å². The van der Waals surface area contributed by atoms with Crippen LogP contribution in [-0.4, -0.2) is 28.8 Å². The molecule has 1 aliphatic heterocycles. The van der Waals surface area contributed by atoms with Gasteiger partial charge in [0.05, 0.1) is 23.1 Å². The minimum atomic E-state index is -0.123. The first-order valence-corrected chi connectivity index (χ1v) is 10.8. The molecule has 0 saturated carbocycles. The average Bonchev–Trinajstić information content (AvgIpc) is 3.18. The molecule has 3 aromatic rings. The lowest BCUT2D eigenvalue weighted by atomic mass is 9.91. The standard InChI is InChI=1S/C24H27ClN4O.ClH/c1-15-4-5-17(3)22(12-15)28-24(30)20-14-27-29(19-7-6-16(2)21(25)13-19)23(20)18-8-10-26-11-9-18;/h4-7,12-14,18,26H,8-11H2,1-3H3,(H,28,30);1H. The van der Waals surface area contributed by atoms with E-state index in [-0.39, 0.29) is 24.2 Å². The maximum absolute atomic E-state index is 13.3. The molecule has 1 saturated heterocycles. The zero-order valence-corrected chi connectivity index (χ0v) is 19.6. The predicted molar refractivity (Wildman–Crippen MR) is 129 cm³/mol. The highest BCUT2D eigenvalue weighted by Gasteiger charge is 2.27. The first kappa shape index (κ1) is 23.3. The number of hydrogen-bond donors (Lipinski definition) is 2. The van der Waals surface area contributed by atoms with Crippen molar-refractivity contribution in [3.8, 4) is 5.69 Å². The zero-order valence-electron chi connectivity index (χ0n) is 18.0. The van der Waals surface area contributed by atoms with Gasteiger partial charge in [-0.3, -0.25) is 4.79 Å². The fourth-order valence-electron chi connectivity index (χ4n) is 4.00. The summed E-state index contributed by atoms with van der Waals surface area (Å²) in [5.41, 5.74) is 6.46. The quantitative estimate of drug-likeness (QED) is 0.535. The van der Waals surface area contributed by atoms with Crippen LogP contribution in [0.15, 0.2) is 42.6 Å². The van der Waals surface area contributed by atoms with Gasteiger partial charge in [0, 0.05) is 16.6 Å². The summed E-state index contributed by atoms with van der Waals surface area (Å²) in [6.07, 6.45) is 3.62. The van der Waals surface area contributed by atoms with E-state index in [0.29, 0.717) is 10.6 Å². The van der Waals surface area contributed by atoms with Gasteiger partial charge in [-0.1, -0.05) is 29.8 Å². The number of amides is 1. The number of nitrogens with zero attached hydrogens (tertiary/aromatic N) is 2. The molecule has 1 aliphatic rings. The highest BCUT2D eigenvalue weighted by atomic mass is 35.5. The molecule has 0 spiro atoms. The van der Waals surface area contributed by atoms with Crippen LogP contribution in [0.1, 0.15) is 51.5 Å². The van der Waals surface area contributed by atoms with Crippen LogP contribution in [0, 0.1) is 20.8 Å². The third kappa shape index (κ3) is 4.95. The highest BCUT2D eigenvalue weighted by molar-refractivity contribution is 6.31. The van der Waals surface area contributed by atoms with Crippen molar-refractivity contribution in [2.45, 2.75) is 39.5 Å². The largest absolute Gasteiger partial charge is 0.322 e. The van der Waals surface area contributed by atoms with Gasteiger partial charge in [-0.25, -0.2) is 4.68 Å². The number of anilines is 1. The van der Waals surface area contributed by atoms with E-state index in [1.165, 1.54) is 0 Å². The van der Waals surface area contributed by atoms with E-state index in [1.54, 1.807) is 6.20 Å². The first-order valence-electron chi connectivity index (χ1n) is 10.4. The van der Waals surface area contributed by atoms with E-state index in [0.717, 1.165) is 59.7 Å².